The van der Waals surface area contributed by atoms with E-state index in [4.69, 9.17) is 14.3 Å². The van der Waals surface area contributed by atoms with Crippen LogP contribution in [0.3, 0.4) is 0 Å². The highest BCUT2D eigenvalue weighted by Gasteiger charge is 2.30. The van der Waals surface area contributed by atoms with Crippen LogP contribution >= 0.6 is 0 Å². The van der Waals surface area contributed by atoms with E-state index in [1.54, 1.807) is 24.3 Å². The summed E-state index contributed by atoms with van der Waals surface area (Å²) in [4.78, 5) is 29.4. The van der Waals surface area contributed by atoms with Crippen molar-refractivity contribution in [3.8, 4) is 16.9 Å². The monoisotopic (exact) mass is 628 g/mol. The fourth-order valence-corrected chi connectivity index (χ4v) is 5.74. The van der Waals surface area contributed by atoms with E-state index in [-0.39, 0.29) is 18.1 Å². The summed E-state index contributed by atoms with van der Waals surface area (Å²) in [6.45, 7) is 7.93. The van der Waals surface area contributed by atoms with E-state index in [0.717, 1.165) is 17.3 Å². The van der Waals surface area contributed by atoms with Crippen molar-refractivity contribution in [2.75, 3.05) is 54.0 Å². The number of anilines is 5. The highest BCUT2D eigenvalue weighted by atomic mass is 19.1. The molecule has 0 aliphatic carbocycles. The number of methoxy groups -OCH3 is 1. The third kappa shape index (κ3) is 6.77. The minimum absolute atomic E-state index is 0.0309. The van der Waals surface area contributed by atoms with Crippen LogP contribution in [0, 0.1) is 11.6 Å². The number of aromatic nitrogens is 2. The second kappa shape index (κ2) is 13.5. The van der Waals surface area contributed by atoms with E-state index >= 15 is 0 Å². The maximum atomic E-state index is 13.9. The molecule has 3 heterocycles. The second-order valence-corrected chi connectivity index (χ2v) is 11.0. The lowest BCUT2D eigenvalue weighted by molar-refractivity contribution is -0.111. The highest BCUT2D eigenvalue weighted by molar-refractivity contribution is 6.02. The van der Waals surface area contributed by atoms with Gasteiger partial charge in [0.15, 0.2) is 5.82 Å². The summed E-state index contributed by atoms with van der Waals surface area (Å²) < 4.78 is 39.3. The van der Waals surface area contributed by atoms with Gasteiger partial charge in [0.2, 0.25) is 5.91 Å². The second-order valence-electron chi connectivity index (χ2n) is 11.0. The van der Waals surface area contributed by atoms with E-state index in [1.807, 2.05) is 37.3 Å². The van der Waals surface area contributed by atoms with Crippen LogP contribution in [-0.4, -0.2) is 55.4 Å². The van der Waals surface area contributed by atoms with Crippen molar-refractivity contribution in [2.24, 2.45) is 0 Å². The van der Waals surface area contributed by atoms with Gasteiger partial charge in [-0.2, -0.15) is 0 Å². The SMILES string of the molecule is C=CC(=O)Nc1cc(Nc2cc(N3OCCC3c3cccc(-c4cc(F)cc(F)c4)c3)ncn2)c(OC)cc1N1CCOC(C)C1. The van der Waals surface area contributed by atoms with Crippen LogP contribution < -0.4 is 25.3 Å². The Morgan fingerprint density at radius 3 is 2.63 bits per heavy atom. The number of nitrogens with zero attached hydrogens (tertiary/aromatic N) is 4. The summed E-state index contributed by atoms with van der Waals surface area (Å²) >= 11 is 0. The van der Waals surface area contributed by atoms with E-state index in [1.165, 1.54) is 24.5 Å². The van der Waals surface area contributed by atoms with Crippen molar-refractivity contribution in [1.82, 2.24) is 9.97 Å². The number of amides is 1. The molecule has 2 N–H and O–H groups in total. The zero-order chi connectivity index (χ0) is 32.2. The fourth-order valence-electron chi connectivity index (χ4n) is 5.74. The van der Waals surface area contributed by atoms with Gasteiger partial charge in [0.25, 0.3) is 0 Å². The van der Waals surface area contributed by atoms with Gasteiger partial charge in [0.05, 0.1) is 49.5 Å². The first-order chi connectivity index (χ1) is 22.3. The summed E-state index contributed by atoms with van der Waals surface area (Å²) in [6.07, 6.45) is 3.36. The molecule has 0 bridgehead atoms. The first-order valence-electron chi connectivity index (χ1n) is 14.9. The molecule has 0 spiro atoms. The van der Waals surface area contributed by atoms with Gasteiger partial charge in [-0.25, -0.2) is 23.8 Å². The van der Waals surface area contributed by atoms with Crippen LogP contribution in [0.15, 0.2) is 79.6 Å². The smallest absolute Gasteiger partial charge is 0.247 e. The predicted octanol–water partition coefficient (Wildman–Crippen LogP) is 6.41. The predicted molar refractivity (Wildman–Crippen MR) is 172 cm³/mol. The maximum Gasteiger partial charge on any atom is 0.247 e. The Morgan fingerprint density at radius 1 is 1.04 bits per heavy atom. The Labute approximate surface area is 265 Å². The Bertz CT molecular complexity index is 1730. The molecule has 2 saturated heterocycles. The van der Waals surface area contributed by atoms with E-state index in [9.17, 15) is 13.6 Å². The topological polar surface area (TPSA) is 101 Å². The minimum Gasteiger partial charge on any atom is -0.494 e. The van der Waals surface area contributed by atoms with Gasteiger partial charge in [-0.3, -0.25) is 9.63 Å². The molecule has 46 heavy (non-hydrogen) atoms. The van der Waals surface area contributed by atoms with Crippen LogP contribution in [0.2, 0.25) is 0 Å². The first-order valence-corrected chi connectivity index (χ1v) is 14.9. The molecule has 1 amide bonds. The average molecular weight is 629 g/mol. The molecule has 10 nitrogen and oxygen atoms in total. The Kier molecular flexibility index (Phi) is 9.08. The Balaban J connectivity index is 1.28. The van der Waals surface area contributed by atoms with Crippen LogP contribution in [-0.2, 0) is 14.4 Å². The van der Waals surface area contributed by atoms with Gasteiger partial charge in [-0.1, -0.05) is 24.8 Å². The largest absolute Gasteiger partial charge is 0.494 e. The maximum absolute atomic E-state index is 13.9. The lowest BCUT2D eigenvalue weighted by atomic mass is 9.98. The molecule has 12 heteroatoms. The summed E-state index contributed by atoms with van der Waals surface area (Å²) in [5.74, 6) is -0.0805. The van der Waals surface area contributed by atoms with Gasteiger partial charge in [-0.15, -0.1) is 0 Å². The fraction of sp³-hybridized carbons (Fsp3) is 0.265. The molecule has 238 valence electrons. The molecule has 1 aromatic heterocycles. The van der Waals surface area contributed by atoms with Crippen molar-refractivity contribution in [3.05, 3.63) is 96.8 Å². The molecule has 2 fully saturated rings. The molecule has 2 aliphatic rings. The normalized spacial score (nSPS) is 17.9. The van der Waals surface area contributed by atoms with Crippen molar-refractivity contribution in [2.45, 2.75) is 25.5 Å². The lowest BCUT2D eigenvalue weighted by Crippen LogP contribution is -2.41. The summed E-state index contributed by atoms with van der Waals surface area (Å²) in [5, 5.41) is 7.93. The van der Waals surface area contributed by atoms with E-state index in [0.29, 0.717) is 72.6 Å². The highest BCUT2D eigenvalue weighted by Crippen LogP contribution is 2.40. The number of hydrogen-bond acceptors (Lipinski definition) is 9. The van der Waals surface area contributed by atoms with Gasteiger partial charge in [0, 0.05) is 37.7 Å². The zero-order valence-electron chi connectivity index (χ0n) is 25.5. The van der Waals surface area contributed by atoms with Crippen LogP contribution in [0.4, 0.5) is 37.5 Å². The minimum atomic E-state index is -0.635. The van der Waals surface area contributed by atoms with Crippen molar-refractivity contribution < 1.29 is 27.9 Å². The van der Waals surface area contributed by atoms with Gasteiger partial charge in [0.1, 0.15) is 29.5 Å². The quantitative estimate of drug-likeness (QED) is 0.204. The molecule has 6 rings (SSSR count). The molecule has 0 saturated carbocycles. The van der Waals surface area contributed by atoms with Gasteiger partial charge < -0.3 is 25.0 Å². The van der Waals surface area contributed by atoms with Crippen molar-refractivity contribution in [3.63, 3.8) is 0 Å². The number of morpholine rings is 1. The van der Waals surface area contributed by atoms with Crippen LogP contribution in [0.5, 0.6) is 5.75 Å². The Morgan fingerprint density at radius 2 is 1.87 bits per heavy atom. The van der Waals surface area contributed by atoms with Crippen LogP contribution in [0.1, 0.15) is 24.9 Å². The summed E-state index contributed by atoms with van der Waals surface area (Å²) in [5.41, 5.74) is 4.00. The number of ether oxygens (including phenoxy) is 2. The standard InChI is InChI=1S/C34H34F2N6O4/c1-4-34(43)40-27-16-28(31(44-3)17-30(27)41-9-11-45-21(2)19-41)39-32-18-33(38-20-37-32)42-29(8-10-46-42)23-7-5-6-22(12-23)24-13-25(35)15-26(36)14-24/h4-7,12-18,20-21,29H,1,8-11,19H2,2-3H3,(H,40,43)(H,37,38,39). The summed E-state index contributed by atoms with van der Waals surface area (Å²) in [6, 6.07) is 16.2. The lowest BCUT2D eigenvalue weighted by Gasteiger charge is -2.34. The zero-order valence-corrected chi connectivity index (χ0v) is 25.5. The Hall–Kier alpha value is -5.07. The van der Waals surface area contributed by atoms with E-state index in [2.05, 4.69) is 32.1 Å². The number of nitrogens with one attached hydrogen (secondary N) is 2. The number of hydroxylamine groups is 1. The number of halogens is 2. The molecule has 2 aliphatic heterocycles. The molecule has 4 aromatic rings. The van der Waals surface area contributed by atoms with Crippen molar-refractivity contribution >= 4 is 34.6 Å². The van der Waals surface area contributed by atoms with E-state index < -0.39 is 11.6 Å². The molecule has 2 atom stereocenters. The number of carbonyl (C=O) groups is 1. The molecule has 0 radical (unpaired) electrons. The number of rotatable bonds is 9. The van der Waals surface area contributed by atoms with Gasteiger partial charge in [-0.05, 0) is 54.0 Å². The average Bonchev–Trinajstić information content (AvgIpc) is 3.55. The summed E-state index contributed by atoms with van der Waals surface area (Å²) in [7, 11) is 1.58. The van der Waals surface area contributed by atoms with Gasteiger partial charge >= 0.3 is 0 Å². The number of benzene rings is 3. The third-order valence-corrected chi connectivity index (χ3v) is 7.86. The molecule has 3 aromatic carbocycles. The van der Waals surface area contributed by atoms with Crippen LogP contribution in [0.25, 0.3) is 11.1 Å². The molecule has 2 unspecified atom stereocenters. The first kappa shape index (κ1) is 30.9. The molecular formula is C34H34F2N6O4. The number of carbonyl (C=O) groups excluding carboxylic acids is 1. The number of hydrogen-bond donors (Lipinski definition) is 2. The molecular weight excluding hydrogens is 594 g/mol. The van der Waals surface area contributed by atoms with Crippen molar-refractivity contribution in [1.29, 1.82) is 0 Å². The third-order valence-electron chi connectivity index (χ3n) is 7.86.